The zero-order valence-electron chi connectivity index (χ0n) is 39.4. The topological polar surface area (TPSA) is 139 Å². The highest BCUT2D eigenvalue weighted by Gasteiger charge is 2.49. The summed E-state index contributed by atoms with van der Waals surface area (Å²) < 4.78 is 43.5. The number of aromatic amines is 1. The first-order chi connectivity index (χ1) is 34.2. The Morgan fingerprint density at radius 1 is 0.800 bits per heavy atom. The first-order valence-electron chi connectivity index (χ1n) is 24.0. The Kier molecular flexibility index (Phi) is 12.8. The van der Waals surface area contributed by atoms with Crippen LogP contribution in [0.15, 0.2) is 149 Å². The number of methoxy groups -OCH3 is 2. The highest BCUT2D eigenvalue weighted by Crippen LogP contribution is 2.57. The van der Waals surface area contributed by atoms with Gasteiger partial charge in [0.2, 0.25) is 5.91 Å². The molecule has 15 heteroatoms. The van der Waals surface area contributed by atoms with E-state index in [2.05, 4.69) is 44.6 Å². The molecule has 4 aliphatic heterocycles. The number of hydrogen-bond acceptors (Lipinski definition) is 10. The molecule has 0 saturated carbocycles. The molecule has 2 aromatic heterocycles. The van der Waals surface area contributed by atoms with E-state index in [9.17, 15) is 14.4 Å². The van der Waals surface area contributed by atoms with Crippen molar-refractivity contribution in [2.45, 2.75) is 75.3 Å². The number of para-hydroxylation sites is 1. The lowest BCUT2D eigenvalue weighted by Gasteiger charge is -2.45. The van der Waals surface area contributed by atoms with Crippen molar-refractivity contribution in [1.29, 1.82) is 0 Å². The molecule has 0 radical (unpaired) electrons. The molecule has 5 aromatic carbocycles. The van der Waals surface area contributed by atoms with E-state index < -0.39 is 43.8 Å². The van der Waals surface area contributed by atoms with Crippen molar-refractivity contribution in [3.8, 4) is 11.5 Å². The van der Waals surface area contributed by atoms with Crippen LogP contribution in [-0.4, -0.2) is 88.4 Å². The third kappa shape index (κ3) is 8.36. The van der Waals surface area contributed by atoms with E-state index in [1.807, 2.05) is 108 Å². The van der Waals surface area contributed by atoms with Crippen molar-refractivity contribution in [3.63, 3.8) is 0 Å². The van der Waals surface area contributed by atoms with E-state index in [0.717, 1.165) is 70.3 Å². The number of rotatable bonds is 14. The molecule has 2 fully saturated rings. The molecule has 0 aliphatic carbocycles. The third-order valence-electron chi connectivity index (χ3n) is 14.4. The molecule has 360 valence electrons. The summed E-state index contributed by atoms with van der Waals surface area (Å²) in [6.07, 6.45) is 2.18. The maximum atomic E-state index is 14.6. The Morgan fingerprint density at radius 2 is 1.43 bits per heavy atom. The predicted octanol–water partition coefficient (Wildman–Crippen LogP) is 8.39. The van der Waals surface area contributed by atoms with Gasteiger partial charge in [-0.1, -0.05) is 103 Å². The number of carbonyl (C=O) groups excluding carboxylic acids is 1. The number of likely N-dealkylation sites (tertiary alicyclic amines) is 1. The number of aryl methyl sites for hydroxylation is 1. The molecule has 70 heavy (non-hydrogen) atoms. The minimum atomic E-state index is -1.82. The maximum absolute atomic E-state index is 14.6. The molecule has 1 unspecified atom stereocenters. The van der Waals surface area contributed by atoms with Crippen molar-refractivity contribution in [1.82, 2.24) is 23.7 Å². The van der Waals surface area contributed by atoms with Crippen LogP contribution in [0.2, 0.25) is 0 Å². The fourth-order valence-corrected chi connectivity index (χ4v) is 12.7. The number of carbonyl (C=O) groups is 1. The molecule has 14 nitrogen and oxygen atoms in total. The van der Waals surface area contributed by atoms with E-state index >= 15 is 0 Å². The van der Waals surface area contributed by atoms with Crippen LogP contribution in [0, 0.1) is 6.92 Å². The number of H-pyrrole nitrogens is 1. The van der Waals surface area contributed by atoms with Gasteiger partial charge in [-0.15, -0.1) is 0 Å². The van der Waals surface area contributed by atoms with Crippen LogP contribution in [0.4, 0.5) is 0 Å². The van der Waals surface area contributed by atoms with E-state index in [1.54, 1.807) is 27.3 Å². The van der Waals surface area contributed by atoms with Crippen molar-refractivity contribution in [2.75, 3.05) is 40.5 Å². The Bertz CT molecular complexity index is 3050. The summed E-state index contributed by atoms with van der Waals surface area (Å²) in [5, 5.41) is 1.07. The van der Waals surface area contributed by atoms with Crippen molar-refractivity contribution >= 4 is 25.3 Å². The van der Waals surface area contributed by atoms with E-state index in [0.29, 0.717) is 36.6 Å². The second-order valence-corrected chi connectivity index (χ2v) is 19.8. The van der Waals surface area contributed by atoms with Gasteiger partial charge in [-0.25, -0.2) is 4.79 Å². The molecule has 4 aliphatic rings. The van der Waals surface area contributed by atoms with Gasteiger partial charge in [0.05, 0.1) is 51.1 Å². The van der Waals surface area contributed by atoms with Crippen LogP contribution in [0.5, 0.6) is 11.5 Å². The summed E-state index contributed by atoms with van der Waals surface area (Å²) in [4.78, 5) is 47.6. The summed E-state index contributed by atoms with van der Waals surface area (Å²) in [6.45, 7) is 4.11. The van der Waals surface area contributed by atoms with E-state index in [-0.39, 0.29) is 31.0 Å². The summed E-state index contributed by atoms with van der Waals surface area (Å²) in [5.74, 6) is 1.57. The van der Waals surface area contributed by atoms with Gasteiger partial charge in [0, 0.05) is 48.9 Å². The lowest BCUT2D eigenvalue weighted by atomic mass is 9.80. The van der Waals surface area contributed by atoms with Gasteiger partial charge in [0.1, 0.15) is 29.4 Å². The summed E-state index contributed by atoms with van der Waals surface area (Å²) in [7, 11) is 1.46. The minimum absolute atomic E-state index is 0.0205. The molecule has 1 amide bonds. The molecular formula is C55H56N5O9P. The van der Waals surface area contributed by atoms with Crippen LogP contribution in [0.1, 0.15) is 70.6 Å². The number of benzene rings is 5. The molecule has 6 heterocycles. The highest BCUT2D eigenvalue weighted by molar-refractivity contribution is 7.46. The standard InChI is InChI=1S/C55H56N5O9P/c1-36-32-59(54(63)56-52(36)61)50-31-48(49(68-50)35-66-55(38-16-8-5-9-17-38,39-20-24-41(64-2)25-21-39)40-22-26-42(65-3)27-23-40)69-70-60-45-19-11-10-18-43(45)44-30-46(53(62)57-28-12-13-29-57)58(47(34-67-70)51(44)60)33-37-14-6-4-7-15-37/h4-11,14-27,32,46-50H,12-13,28-31,33-35H2,1-3H3,(H,56,61,63)/t46-,47+,48-,49+,50+,70?/m0/s1. The smallest absolute Gasteiger partial charge is 0.330 e. The van der Waals surface area contributed by atoms with Gasteiger partial charge in [-0.05, 0) is 84.3 Å². The van der Waals surface area contributed by atoms with Crippen LogP contribution in [0.3, 0.4) is 0 Å². The second kappa shape index (κ2) is 19.4. The fraction of sp³-hybridized carbons (Fsp3) is 0.327. The lowest BCUT2D eigenvalue weighted by molar-refractivity contribution is -0.138. The van der Waals surface area contributed by atoms with Gasteiger partial charge in [0.25, 0.3) is 14.1 Å². The average Bonchev–Trinajstić information content (AvgIpc) is 4.17. The Labute approximate surface area is 407 Å². The quantitative estimate of drug-likeness (QED) is 0.0836. The van der Waals surface area contributed by atoms with Crippen LogP contribution in [-0.2, 0) is 41.9 Å². The number of nitrogens with zero attached hydrogens (tertiary/aromatic N) is 4. The number of ether oxygens (including phenoxy) is 4. The van der Waals surface area contributed by atoms with Crippen molar-refractivity contribution < 1.29 is 32.8 Å². The zero-order chi connectivity index (χ0) is 47.9. The SMILES string of the molecule is COc1ccc(C(OC[C@H]2O[C@@H](n3cc(C)c(=O)[nH]c3=O)C[C@@H]2OP2OC[C@@H]3c4c(c5ccccc5n42)C[C@@H](C(=O)N2CCCC2)N3Cc2ccccc2)(c2ccccc2)c2ccc(OC)cc2)cc1. The highest BCUT2D eigenvalue weighted by atomic mass is 31.2. The first kappa shape index (κ1) is 46.0. The fourth-order valence-electron chi connectivity index (χ4n) is 10.9. The predicted molar refractivity (Wildman–Crippen MR) is 266 cm³/mol. The number of fused-ring (bicyclic) bond motifs is 3. The maximum Gasteiger partial charge on any atom is 0.330 e. The van der Waals surface area contributed by atoms with E-state index in [1.165, 1.54) is 4.57 Å². The van der Waals surface area contributed by atoms with Crippen LogP contribution < -0.4 is 20.7 Å². The average molecular weight is 962 g/mol. The van der Waals surface area contributed by atoms with Gasteiger partial charge < -0.3 is 32.9 Å². The molecule has 6 atom stereocenters. The molecule has 0 bridgehead atoms. The largest absolute Gasteiger partial charge is 0.497 e. The third-order valence-corrected chi connectivity index (χ3v) is 16.0. The number of nitrogens with one attached hydrogen (secondary N) is 1. The molecule has 7 aromatic rings. The Balaban J connectivity index is 0.992. The summed E-state index contributed by atoms with van der Waals surface area (Å²) in [6, 6.07) is 43.8. The van der Waals surface area contributed by atoms with E-state index in [4.69, 9.17) is 28.0 Å². The van der Waals surface area contributed by atoms with Gasteiger partial charge >= 0.3 is 5.69 Å². The normalized spacial score (nSPS) is 22.3. The number of hydrogen-bond donors (Lipinski definition) is 1. The van der Waals surface area contributed by atoms with Gasteiger partial charge in [-0.3, -0.25) is 28.4 Å². The zero-order valence-corrected chi connectivity index (χ0v) is 40.3. The van der Waals surface area contributed by atoms with Gasteiger partial charge in [-0.2, -0.15) is 0 Å². The summed E-state index contributed by atoms with van der Waals surface area (Å²) in [5.41, 5.74) is 5.07. The van der Waals surface area contributed by atoms with Gasteiger partial charge in [0.15, 0.2) is 0 Å². The van der Waals surface area contributed by atoms with Crippen LogP contribution in [0.25, 0.3) is 10.9 Å². The molecular weight excluding hydrogens is 906 g/mol. The number of aromatic nitrogens is 3. The van der Waals surface area contributed by atoms with Crippen molar-refractivity contribution in [3.05, 3.63) is 200 Å². The molecule has 2 saturated heterocycles. The molecule has 11 rings (SSSR count). The minimum Gasteiger partial charge on any atom is -0.497 e. The monoisotopic (exact) mass is 961 g/mol. The molecule has 1 N–H and O–H groups in total. The number of amides is 1. The Morgan fingerprint density at radius 3 is 2.10 bits per heavy atom. The van der Waals surface area contributed by atoms with Crippen LogP contribution >= 0.6 is 8.53 Å². The Hall–Kier alpha value is -6.38. The molecule has 0 spiro atoms. The second-order valence-electron chi connectivity index (χ2n) is 18.5. The van der Waals surface area contributed by atoms with Crippen molar-refractivity contribution in [2.24, 2.45) is 0 Å². The lowest BCUT2D eigenvalue weighted by Crippen LogP contribution is -2.54. The first-order valence-corrected chi connectivity index (χ1v) is 25.1. The summed E-state index contributed by atoms with van der Waals surface area (Å²) >= 11 is 0.